The van der Waals surface area contributed by atoms with Crippen molar-refractivity contribution in [3.8, 4) is 11.9 Å². The van der Waals surface area contributed by atoms with E-state index in [1.54, 1.807) is 36.6 Å². The minimum atomic E-state index is -0.309. The Morgan fingerprint density at radius 3 is 2.87 bits per heavy atom. The van der Waals surface area contributed by atoms with Crippen LogP contribution in [0.2, 0.25) is 5.02 Å². The van der Waals surface area contributed by atoms with Crippen molar-refractivity contribution >= 4 is 34.2 Å². The second-order valence-electron chi connectivity index (χ2n) is 4.39. The van der Waals surface area contributed by atoms with Gasteiger partial charge in [-0.3, -0.25) is 5.32 Å². The summed E-state index contributed by atoms with van der Waals surface area (Å²) in [6.07, 6.45) is 3.62. The minimum Gasteiger partial charge on any atom is -0.487 e. The molecule has 0 aliphatic rings. The van der Waals surface area contributed by atoms with E-state index < -0.39 is 0 Å². The maximum absolute atomic E-state index is 13.1. The van der Waals surface area contributed by atoms with Gasteiger partial charge < -0.3 is 4.74 Å². The van der Waals surface area contributed by atoms with Crippen molar-refractivity contribution in [1.29, 1.82) is 5.26 Å². The van der Waals surface area contributed by atoms with Crippen LogP contribution in [0.1, 0.15) is 5.56 Å². The molecule has 0 bridgehead atoms. The molecule has 0 unspecified atom stereocenters. The van der Waals surface area contributed by atoms with Crippen LogP contribution in [0.25, 0.3) is 0 Å². The zero-order chi connectivity index (χ0) is 16.7. The van der Waals surface area contributed by atoms with E-state index in [4.69, 9.17) is 21.6 Å². The Hall–Kier alpha value is -2.23. The summed E-state index contributed by atoms with van der Waals surface area (Å²) in [6, 6.07) is 11.2. The number of nitriles is 1. The first-order valence-electron chi connectivity index (χ1n) is 6.57. The zero-order valence-electron chi connectivity index (χ0n) is 12.2. The molecule has 0 saturated carbocycles. The maximum atomic E-state index is 13.1. The summed E-state index contributed by atoms with van der Waals surface area (Å²) in [6.45, 7) is 0.214. The van der Waals surface area contributed by atoms with E-state index in [-0.39, 0.29) is 12.4 Å². The van der Waals surface area contributed by atoms with Crippen molar-refractivity contribution in [1.82, 2.24) is 5.32 Å². The van der Waals surface area contributed by atoms with Crippen LogP contribution >= 0.6 is 23.4 Å². The number of nitrogens with one attached hydrogen (secondary N) is 1. The summed E-state index contributed by atoms with van der Waals surface area (Å²) >= 11 is 7.48. The molecule has 2 aromatic rings. The Bertz CT molecular complexity index is 761. The van der Waals surface area contributed by atoms with E-state index in [0.29, 0.717) is 27.2 Å². The zero-order valence-corrected chi connectivity index (χ0v) is 13.8. The first kappa shape index (κ1) is 17.1. The summed E-state index contributed by atoms with van der Waals surface area (Å²) in [5, 5.41) is 11.9. The number of aliphatic imine (C=N–C) groups is 1. The molecular formula is C16H13ClFN3OS. The average Bonchev–Trinajstić information content (AvgIpc) is 2.53. The SMILES string of the molecule is CSC(=Nc1ccc(OCc2cccc(F)c2)c(Cl)c1)NC#N. The van der Waals surface area contributed by atoms with E-state index in [1.165, 1.54) is 23.9 Å². The molecule has 0 aliphatic heterocycles. The molecule has 0 heterocycles. The van der Waals surface area contributed by atoms with E-state index in [1.807, 2.05) is 6.19 Å². The van der Waals surface area contributed by atoms with Crippen LogP contribution in [-0.2, 0) is 6.61 Å². The van der Waals surface area contributed by atoms with Gasteiger partial charge in [-0.25, -0.2) is 9.38 Å². The standard InChI is InChI=1S/C16H13ClFN3OS/c1-23-16(20-10-19)21-13-5-6-15(14(17)8-13)22-9-11-3-2-4-12(18)7-11/h2-8H,9H2,1H3,(H,20,21). The summed E-state index contributed by atoms with van der Waals surface area (Å²) in [5.41, 5.74) is 1.31. The summed E-state index contributed by atoms with van der Waals surface area (Å²) in [5.74, 6) is 0.172. The van der Waals surface area contributed by atoms with E-state index in [2.05, 4.69) is 10.3 Å². The molecule has 0 fully saturated rings. The Labute approximate surface area is 142 Å². The molecule has 0 amide bonds. The summed E-state index contributed by atoms with van der Waals surface area (Å²) in [4.78, 5) is 4.26. The molecule has 2 aromatic carbocycles. The number of hydrogen-bond donors (Lipinski definition) is 1. The van der Waals surface area contributed by atoms with Crippen LogP contribution in [0.3, 0.4) is 0 Å². The molecule has 0 atom stereocenters. The number of rotatable bonds is 4. The highest BCUT2D eigenvalue weighted by Crippen LogP contribution is 2.30. The molecule has 2 rings (SSSR count). The van der Waals surface area contributed by atoms with Crippen LogP contribution in [0, 0.1) is 17.3 Å². The van der Waals surface area contributed by atoms with Gasteiger partial charge in [0.05, 0.1) is 10.7 Å². The Kier molecular flexibility index (Phi) is 6.27. The number of ether oxygens (including phenoxy) is 1. The maximum Gasteiger partial charge on any atom is 0.183 e. The van der Waals surface area contributed by atoms with Crippen molar-refractivity contribution < 1.29 is 9.13 Å². The Morgan fingerprint density at radius 2 is 2.22 bits per heavy atom. The molecule has 118 valence electrons. The summed E-state index contributed by atoms with van der Waals surface area (Å²) in [7, 11) is 0. The number of benzene rings is 2. The van der Waals surface area contributed by atoms with Gasteiger partial charge in [-0.1, -0.05) is 35.5 Å². The lowest BCUT2D eigenvalue weighted by Gasteiger charge is -2.09. The molecule has 0 aromatic heterocycles. The lowest BCUT2D eigenvalue weighted by atomic mass is 10.2. The number of thioether (sulfide) groups is 1. The fourth-order valence-electron chi connectivity index (χ4n) is 1.75. The summed E-state index contributed by atoms with van der Waals surface area (Å²) < 4.78 is 18.7. The number of amidine groups is 1. The lowest BCUT2D eigenvalue weighted by Crippen LogP contribution is -2.12. The third-order valence-electron chi connectivity index (χ3n) is 2.79. The second-order valence-corrected chi connectivity index (χ2v) is 5.59. The van der Waals surface area contributed by atoms with Gasteiger partial charge in [-0.05, 0) is 42.2 Å². The molecule has 0 radical (unpaired) electrons. The number of halogens is 2. The quantitative estimate of drug-likeness (QED) is 0.382. The van der Waals surface area contributed by atoms with E-state index in [9.17, 15) is 4.39 Å². The van der Waals surface area contributed by atoms with Gasteiger partial charge in [0.25, 0.3) is 0 Å². The molecular weight excluding hydrogens is 337 g/mol. The highest BCUT2D eigenvalue weighted by molar-refractivity contribution is 8.13. The van der Waals surface area contributed by atoms with Gasteiger partial charge in [0.15, 0.2) is 11.4 Å². The first-order valence-corrected chi connectivity index (χ1v) is 8.17. The van der Waals surface area contributed by atoms with Gasteiger partial charge in [-0.2, -0.15) is 5.26 Å². The predicted molar refractivity (Wildman–Crippen MR) is 91.5 cm³/mol. The molecule has 0 aliphatic carbocycles. The van der Waals surface area contributed by atoms with Gasteiger partial charge in [0.1, 0.15) is 18.2 Å². The van der Waals surface area contributed by atoms with Crippen LogP contribution in [0.4, 0.5) is 10.1 Å². The van der Waals surface area contributed by atoms with Crippen LogP contribution in [0.5, 0.6) is 5.75 Å². The lowest BCUT2D eigenvalue weighted by molar-refractivity contribution is 0.306. The second kappa shape index (κ2) is 8.42. The fourth-order valence-corrected chi connectivity index (χ4v) is 2.33. The molecule has 0 spiro atoms. The van der Waals surface area contributed by atoms with Crippen molar-refractivity contribution in [2.24, 2.45) is 4.99 Å². The monoisotopic (exact) mass is 349 g/mol. The molecule has 0 saturated heterocycles. The third-order valence-corrected chi connectivity index (χ3v) is 3.66. The highest BCUT2D eigenvalue weighted by atomic mass is 35.5. The van der Waals surface area contributed by atoms with Crippen LogP contribution in [-0.4, -0.2) is 11.4 Å². The van der Waals surface area contributed by atoms with Crippen LogP contribution < -0.4 is 10.1 Å². The van der Waals surface area contributed by atoms with Gasteiger partial charge in [-0.15, -0.1) is 0 Å². The fraction of sp³-hybridized carbons (Fsp3) is 0.125. The third kappa shape index (κ3) is 5.16. The highest BCUT2D eigenvalue weighted by Gasteiger charge is 2.05. The smallest absolute Gasteiger partial charge is 0.183 e. The largest absolute Gasteiger partial charge is 0.487 e. The minimum absolute atomic E-state index is 0.214. The van der Waals surface area contributed by atoms with E-state index in [0.717, 1.165) is 0 Å². The Balaban J connectivity index is 2.09. The van der Waals surface area contributed by atoms with E-state index >= 15 is 0 Å². The van der Waals surface area contributed by atoms with Crippen molar-refractivity contribution in [3.05, 3.63) is 58.9 Å². The van der Waals surface area contributed by atoms with Crippen molar-refractivity contribution in [2.45, 2.75) is 6.61 Å². The van der Waals surface area contributed by atoms with Crippen molar-refractivity contribution in [3.63, 3.8) is 0 Å². The number of hydrogen-bond acceptors (Lipinski definition) is 4. The van der Waals surface area contributed by atoms with Gasteiger partial charge in [0.2, 0.25) is 0 Å². The normalized spacial score (nSPS) is 11.0. The first-order chi connectivity index (χ1) is 11.1. The van der Waals surface area contributed by atoms with Gasteiger partial charge in [0, 0.05) is 0 Å². The molecule has 7 heteroatoms. The van der Waals surface area contributed by atoms with Crippen LogP contribution in [0.15, 0.2) is 47.5 Å². The molecule has 1 N–H and O–H groups in total. The number of nitrogens with zero attached hydrogens (tertiary/aromatic N) is 2. The molecule has 4 nitrogen and oxygen atoms in total. The Morgan fingerprint density at radius 1 is 1.39 bits per heavy atom. The van der Waals surface area contributed by atoms with Gasteiger partial charge >= 0.3 is 0 Å². The van der Waals surface area contributed by atoms with Crippen molar-refractivity contribution in [2.75, 3.05) is 6.26 Å². The topological polar surface area (TPSA) is 57.4 Å². The predicted octanol–water partition coefficient (Wildman–Crippen LogP) is 4.48. The average molecular weight is 350 g/mol. The molecule has 23 heavy (non-hydrogen) atoms.